The predicted octanol–water partition coefficient (Wildman–Crippen LogP) is 4.49. The van der Waals surface area contributed by atoms with Crippen molar-refractivity contribution in [1.82, 2.24) is 15.0 Å². The number of H-pyrrole nitrogens is 1. The van der Waals surface area contributed by atoms with Crippen LogP contribution in [0.4, 0.5) is 0 Å². The highest BCUT2D eigenvalue weighted by Crippen LogP contribution is 2.30. The second kappa shape index (κ2) is 9.28. The standard InChI is InChI=1S/C24H22N4O3/c1-16(14-29-2)31-21-11-19(23-27-22-8-5-9-26-24(22)28-23)10-20(12-21)30-15-18-7-4-3-6-17(18)13-25/h3-12,16H,14-15H2,1-2H3,(H,26,27,28)/t16-/m0/s1. The second-order valence-electron chi connectivity index (χ2n) is 7.09. The molecule has 0 aliphatic carbocycles. The first-order chi connectivity index (χ1) is 15.2. The molecule has 0 bridgehead atoms. The van der Waals surface area contributed by atoms with E-state index >= 15 is 0 Å². The molecule has 0 saturated carbocycles. The van der Waals surface area contributed by atoms with Crippen molar-refractivity contribution in [2.24, 2.45) is 0 Å². The normalized spacial score (nSPS) is 11.8. The van der Waals surface area contributed by atoms with Crippen LogP contribution < -0.4 is 9.47 Å². The second-order valence-corrected chi connectivity index (χ2v) is 7.09. The van der Waals surface area contributed by atoms with Crippen molar-refractivity contribution in [3.05, 3.63) is 71.9 Å². The van der Waals surface area contributed by atoms with Crippen LogP contribution in [-0.4, -0.2) is 34.8 Å². The van der Waals surface area contributed by atoms with Crippen LogP contribution in [0.3, 0.4) is 0 Å². The van der Waals surface area contributed by atoms with Gasteiger partial charge in [0.15, 0.2) is 5.65 Å². The number of pyridine rings is 1. The van der Waals surface area contributed by atoms with Crippen LogP contribution in [-0.2, 0) is 11.3 Å². The summed E-state index contributed by atoms with van der Waals surface area (Å²) in [6.07, 6.45) is 1.59. The van der Waals surface area contributed by atoms with Gasteiger partial charge in [0.2, 0.25) is 0 Å². The lowest BCUT2D eigenvalue weighted by atomic mass is 10.1. The van der Waals surface area contributed by atoms with Crippen molar-refractivity contribution in [2.75, 3.05) is 13.7 Å². The van der Waals surface area contributed by atoms with Gasteiger partial charge < -0.3 is 19.2 Å². The van der Waals surface area contributed by atoms with Crippen molar-refractivity contribution in [3.8, 4) is 29.0 Å². The maximum atomic E-state index is 9.32. The largest absolute Gasteiger partial charge is 0.489 e. The fourth-order valence-electron chi connectivity index (χ4n) is 3.26. The van der Waals surface area contributed by atoms with E-state index in [-0.39, 0.29) is 12.7 Å². The molecule has 7 nitrogen and oxygen atoms in total. The van der Waals surface area contributed by atoms with E-state index in [9.17, 15) is 5.26 Å². The molecule has 0 spiro atoms. The Hall–Kier alpha value is -3.89. The first-order valence-corrected chi connectivity index (χ1v) is 9.89. The van der Waals surface area contributed by atoms with Crippen LogP contribution >= 0.6 is 0 Å². The van der Waals surface area contributed by atoms with Crippen molar-refractivity contribution in [1.29, 1.82) is 5.26 Å². The zero-order valence-electron chi connectivity index (χ0n) is 17.3. The van der Waals surface area contributed by atoms with Gasteiger partial charge in [0.25, 0.3) is 0 Å². The Bertz CT molecular complexity index is 1200. The first-order valence-electron chi connectivity index (χ1n) is 9.89. The van der Waals surface area contributed by atoms with Gasteiger partial charge in [-0.05, 0) is 37.3 Å². The summed E-state index contributed by atoms with van der Waals surface area (Å²) >= 11 is 0. The van der Waals surface area contributed by atoms with E-state index in [1.54, 1.807) is 19.4 Å². The molecule has 1 atom stereocenters. The lowest BCUT2D eigenvalue weighted by Crippen LogP contribution is -2.18. The van der Waals surface area contributed by atoms with Gasteiger partial charge in [0.1, 0.15) is 35.6 Å². The predicted molar refractivity (Wildman–Crippen MR) is 117 cm³/mol. The number of benzene rings is 2. The highest BCUT2D eigenvalue weighted by atomic mass is 16.5. The minimum atomic E-state index is -0.134. The molecule has 0 amide bonds. The van der Waals surface area contributed by atoms with Gasteiger partial charge in [-0.1, -0.05) is 18.2 Å². The third-order valence-corrected chi connectivity index (χ3v) is 4.68. The maximum Gasteiger partial charge on any atom is 0.157 e. The molecule has 156 valence electrons. The van der Waals surface area contributed by atoms with E-state index < -0.39 is 0 Å². The van der Waals surface area contributed by atoms with E-state index in [2.05, 4.69) is 21.0 Å². The monoisotopic (exact) mass is 414 g/mol. The van der Waals surface area contributed by atoms with Gasteiger partial charge in [-0.25, -0.2) is 9.97 Å². The third kappa shape index (κ3) is 4.82. The van der Waals surface area contributed by atoms with Crippen LogP contribution in [0.15, 0.2) is 60.8 Å². The number of aromatic amines is 1. The molecule has 0 fully saturated rings. The molecular formula is C24H22N4O3. The molecule has 2 aromatic heterocycles. The smallest absolute Gasteiger partial charge is 0.157 e. The van der Waals surface area contributed by atoms with Crippen molar-refractivity contribution in [3.63, 3.8) is 0 Å². The molecule has 2 heterocycles. The zero-order valence-corrected chi connectivity index (χ0v) is 17.3. The summed E-state index contributed by atoms with van der Waals surface area (Å²) in [5.74, 6) is 1.91. The summed E-state index contributed by atoms with van der Waals surface area (Å²) in [7, 11) is 1.64. The Labute approximate surface area is 180 Å². The average molecular weight is 414 g/mol. The highest BCUT2D eigenvalue weighted by Gasteiger charge is 2.13. The van der Waals surface area contributed by atoms with Crippen LogP contribution in [0.2, 0.25) is 0 Å². The fraction of sp³-hybridized carbons (Fsp3) is 0.208. The molecule has 2 aromatic carbocycles. The third-order valence-electron chi connectivity index (χ3n) is 4.68. The Morgan fingerprint density at radius 3 is 2.74 bits per heavy atom. The van der Waals surface area contributed by atoms with Gasteiger partial charge in [-0.2, -0.15) is 5.26 Å². The number of methoxy groups -OCH3 is 1. The number of nitrogens with zero attached hydrogens (tertiary/aromatic N) is 3. The summed E-state index contributed by atoms with van der Waals surface area (Å²) in [4.78, 5) is 12.2. The number of aromatic nitrogens is 3. The summed E-state index contributed by atoms with van der Waals surface area (Å²) in [6.45, 7) is 2.66. The number of fused-ring (bicyclic) bond motifs is 1. The molecule has 31 heavy (non-hydrogen) atoms. The number of ether oxygens (including phenoxy) is 3. The Kier molecular flexibility index (Phi) is 6.11. The van der Waals surface area contributed by atoms with Crippen molar-refractivity contribution >= 4 is 11.2 Å². The Morgan fingerprint density at radius 1 is 1.10 bits per heavy atom. The molecule has 4 aromatic rings. The summed E-state index contributed by atoms with van der Waals surface area (Å²) in [5, 5.41) is 9.32. The molecular weight excluding hydrogens is 392 g/mol. The van der Waals surface area contributed by atoms with Gasteiger partial charge in [0.05, 0.1) is 18.2 Å². The Morgan fingerprint density at radius 2 is 1.94 bits per heavy atom. The molecule has 0 radical (unpaired) electrons. The first kappa shape index (κ1) is 20.4. The SMILES string of the molecule is COC[C@H](C)Oc1cc(OCc2ccccc2C#N)cc(-c2nc3cccnc3[nH]2)c1. The van der Waals surface area contributed by atoms with E-state index in [0.29, 0.717) is 35.1 Å². The molecule has 7 heteroatoms. The maximum absolute atomic E-state index is 9.32. The number of nitrogens with one attached hydrogen (secondary N) is 1. The molecule has 1 N–H and O–H groups in total. The average Bonchev–Trinajstić information content (AvgIpc) is 3.22. The highest BCUT2D eigenvalue weighted by molar-refractivity contribution is 5.76. The Balaban J connectivity index is 1.66. The molecule has 0 aliphatic rings. The van der Waals surface area contributed by atoms with Crippen LogP contribution in [0, 0.1) is 11.3 Å². The molecule has 4 rings (SSSR count). The fourth-order valence-corrected chi connectivity index (χ4v) is 3.26. The molecule has 0 saturated heterocycles. The van der Waals surface area contributed by atoms with Crippen LogP contribution in [0.5, 0.6) is 11.5 Å². The number of rotatable bonds is 8. The summed E-state index contributed by atoms with van der Waals surface area (Å²) in [6, 6.07) is 18.9. The van der Waals surface area contributed by atoms with E-state index in [1.807, 2.05) is 55.5 Å². The zero-order chi connectivity index (χ0) is 21.6. The minimum absolute atomic E-state index is 0.134. The number of nitriles is 1. The van der Waals surface area contributed by atoms with E-state index in [1.165, 1.54) is 0 Å². The quantitative estimate of drug-likeness (QED) is 0.457. The molecule has 0 unspecified atom stereocenters. The van der Waals surface area contributed by atoms with Gasteiger partial charge in [-0.3, -0.25) is 0 Å². The lowest BCUT2D eigenvalue weighted by molar-refractivity contribution is 0.0919. The lowest BCUT2D eigenvalue weighted by Gasteiger charge is -2.16. The topological polar surface area (TPSA) is 93.1 Å². The summed E-state index contributed by atoms with van der Waals surface area (Å²) < 4.78 is 17.2. The van der Waals surface area contributed by atoms with Crippen LogP contribution in [0.25, 0.3) is 22.6 Å². The van der Waals surface area contributed by atoms with Crippen LogP contribution in [0.1, 0.15) is 18.1 Å². The number of hydrogen-bond acceptors (Lipinski definition) is 6. The van der Waals surface area contributed by atoms with Crippen molar-refractivity contribution < 1.29 is 14.2 Å². The van der Waals surface area contributed by atoms with E-state index in [4.69, 9.17) is 14.2 Å². The van der Waals surface area contributed by atoms with Crippen molar-refractivity contribution in [2.45, 2.75) is 19.6 Å². The van der Waals surface area contributed by atoms with Gasteiger partial charge >= 0.3 is 0 Å². The summed E-state index contributed by atoms with van der Waals surface area (Å²) in [5.41, 5.74) is 3.71. The number of hydrogen-bond donors (Lipinski definition) is 1. The van der Waals surface area contributed by atoms with Gasteiger partial charge in [0, 0.05) is 30.5 Å². The molecule has 0 aliphatic heterocycles. The minimum Gasteiger partial charge on any atom is -0.489 e. The van der Waals surface area contributed by atoms with E-state index in [0.717, 1.165) is 16.6 Å². The van der Waals surface area contributed by atoms with Gasteiger partial charge in [-0.15, -0.1) is 0 Å². The number of imidazole rings is 1.